The van der Waals surface area contributed by atoms with Crippen molar-refractivity contribution in [2.75, 3.05) is 5.32 Å². The molecule has 2 N–H and O–H groups in total. The molecule has 0 fully saturated rings. The molecule has 3 atom stereocenters. The number of anilines is 1. The standard InChI is InChI=1S/C31H23Cl2F3N6O3/c1-15-6-20(43)11-26(17-7-16(8-19(35)9-17)21-10-18(34)2-4-23(21)38-31(15)45)41-14-37-24(12-28(41)44)29-25(5-3-22(32)30(29)36)42-13-27(33)39-40-42/h2-5,7-10,12-15,20,26,43H,6,11H2,1H3,(H,38,45)/t15-,20-,26+/m1/s1. The minimum Gasteiger partial charge on any atom is -0.393 e. The molecule has 0 unspecified atom stereocenters. The third-order valence-corrected chi connectivity index (χ3v) is 8.10. The van der Waals surface area contributed by atoms with Crippen molar-refractivity contribution < 1.29 is 23.1 Å². The van der Waals surface area contributed by atoms with Gasteiger partial charge in [-0.2, -0.15) is 0 Å². The summed E-state index contributed by atoms with van der Waals surface area (Å²) in [5.41, 5.74) is 0.288. The van der Waals surface area contributed by atoms with E-state index in [4.69, 9.17) is 23.2 Å². The van der Waals surface area contributed by atoms with Crippen molar-refractivity contribution in [2.24, 2.45) is 5.92 Å². The zero-order chi connectivity index (χ0) is 32.0. The largest absolute Gasteiger partial charge is 0.393 e. The predicted molar refractivity (Wildman–Crippen MR) is 162 cm³/mol. The second-order valence-electron chi connectivity index (χ2n) is 10.8. The minimum atomic E-state index is -1.10. The molecular weight excluding hydrogens is 632 g/mol. The number of hydrogen-bond acceptors (Lipinski definition) is 6. The molecule has 230 valence electrons. The summed E-state index contributed by atoms with van der Waals surface area (Å²) in [6.45, 7) is 1.63. The van der Waals surface area contributed by atoms with Gasteiger partial charge < -0.3 is 10.4 Å². The molecule has 2 aromatic heterocycles. The number of nitrogens with one attached hydrogen (secondary N) is 1. The Kier molecular flexibility index (Phi) is 8.21. The number of fused-ring (bicyclic) bond motifs is 4. The summed E-state index contributed by atoms with van der Waals surface area (Å²) in [7, 11) is 0. The Bertz CT molecular complexity index is 2020. The number of aliphatic hydroxyl groups excluding tert-OH is 1. The lowest BCUT2D eigenvalue weighted by Crippen LogP contribution is -2.31. The van der Waals surface area contributed by atoms with E-state index >= 15 is 8.78 Å². The van der Waals surface area contributed by atoms with Crippen molar-refractivity contribution in [3.05, 3.63) is 111 Å². The van der Waals surface area contributed by atoms with Crippen LogP contribution in [0, 0.1) is 23.4 Å². The van der Waals surface area contributed by atoms with Gasteiger partial charge in [0.1, 0.15) is 11.6 Å². The van der Waals surface area contributed by atoms with Gasteiger partial charge >= 0.3 is 0 Å². The number of benzene rings is 3. The fourth-order valence-corrected chi connectivity index (χ4v) is 5.76. The highest BCUT2D eigenvalue weighted by Crippen LogP contribution is 2.36. The maximum absolute atomic E-state index is 15.4. The van der Waals surface area contributed by atoms with Gasteiger partial charge in [-0.15, -0.1) is 5.10 Å². The van der Waals surface area contributed by atoms with Crippen LogP contribution in [0.15, 0.2) is 71.9 Å². The highest BCUT2D eigenvalue weighted by atomic mass is 35.5. The highest BCUT2D eigenvalue weighted by molar-refractivity contribution is 6.31. The predicted octanol–water partition coefficient (Wildman–Crippen LogP) is 6.20. The van der Waals surface area contributed by atoms with E-state index in [0.29, 0.717) is 0 Å². The molecule has 0 radical (unpaired) electrons. The van der Waals surface area contributed by atoms with Gasteiger partial charge in [-0.05, 0) is 72.5 Å². The van der Waals surface area contributed by atoms with Gasteiger partial charge in [-0.25, -0.2) is 22.8 Å². The second-order valence-corrected chi connectivity index (χ2v) is 11.5. The lowest BCUT2D eigenvalue weighted by Gasteiger charge is -2.26. The Labute approximate surface area is 263 Å². The summed E-state index contributed by atoms with van der Waals surface area (Å²) in [6, 6.07) is 10.6. The van der Waals surface area contributed by atoms with E-state index in [0.717, 1.165) is 12.4 Å². The van der Waals surface area contributed by atoms with Gasteiger partial charge in [0.2, 0.25) is 5.91 Å². The monoisotopic (exact) mass is 654 g/mol. The Morgan fingerprint density at radius 1 is 0.978 bits per heavy atom. The molecule has 14 heteroatoms. The normalized spacial score (nSPS) is 18.5. The number of halogens is 5. The first-order chi connectivity index (χ1) is 21.5. The quantitative estimate of drug-likeness (QED) is 0.239. The van der Waals surface area contributed by atoms with Crippen molar-refractivity contribution in [3.8, 4) is 28.1 Å². The van der Waals surface area contributed by atoms with Gasteiger partial charge in [-0.1, -0.05) is 35.3 Å². The highest BCUT2D eigenvalue weighted by Gasteiger charge is 2.27. The van der Waals surface area contributed by atoms with Crippen molar-refractivity contribution in [3.63, 3.8) is 0 Å². The number of nitrogens with zero attached hydrogens (tertiary/aromatic N) is 5. The molecule has 0 saturated carbocycles. The molecular formula is C31H23Cl2F3N6O3. The summed E-state index contributed by atoms with van der Waals surface area (Å²) < 4.78 is 47.3. The number of aliphatic hydroxyl groups is 1. The summed E-state index contributed by atoms with van der Waals surface area (Å²) >= 11 is 12.0. The first-order valence-corrected chi connectivity index (χ1v) is 14.5. The molecule has 1 aliphatic rings. The molecule has 3 aromatic carbocycles. The van der Waals surface area contributed by atoms with Crippen LogP contribution in [0.1, 0.15) is 31.4 Å². The van der Waals surface area contributed by atoms with Crippen molar-refractivity contribution in [2.45, 2.75) is 31.9 Å². The van der Waals surface area contributed by atoms with Crippen LogP contribution in [0.5, 0.6) is 0 Å². The third kappa shape index (κ3) is 6.08. The number of carbonyl (C=O) groups excluding carboxylic acids is 1. The average molecular weight is 655 g/mol. The number of amides is 1. The van der Waals surface area contributed by atoms with E-state index in [-0.39, 0.29) is 62.3 Å². The SMILES string of the molecule is C[C@@H]1C[C@@H](O)C[C@H](n2cnc(-c3c(-n4cc(Cl)nn4)ccc(Cl)c3F)cc2=O)c2cc(F)cc(c2)-c2cc(F)ccc2NC1=O. The Morgan fingerprint density at radius 2 is 1.78 bits per heavy atom. The van der Waals surface area contributed by atoms with Crippen LogP contribution in [0.25, 0.3) is 28.1 Å². The van der Waals surface area contributed by atoms with E-state index in [2.05, 4.69) is 20.6 Å². The zero-order valence-electron chi connectivity index (χ0n) is 23.4. The summed E-state index contributed by atoms with van der Waals surface area (Å²) in [5.74, 6) is -3.24. The van der Waals surface area contributed by atoms with Crippen molar-refractivity contribution >= 4 is 34.8 Å². The van der Waals surface area contributed by atoms with Crippen LogP contribution in [0.4, 0.5) is 18.9 Å². The van der Waals surface area contributed by atoms with Gasteiger partial charge in [0.05, 0.1) is 46.6 Å². The Balaban J connectivity index is 1.50. The lowest BCUT2D eigenvalue weighted by atomic mass is 9.91. The van der Waals surface area contributed by atoms with E-state index in [1.54, 1.807) is 13.0 Å². The van der Waals surface area contributed by atoms with Crippen molar-refractivity contribution in [1.29, 1.82) is 0 Å². The molecule has 1 amide bonds. The maximum Gasteiger partial charge on any atom is 0.254 e. The van der Waals surface area contributed by atoms with E-state index in [1.807, 2.05) is 0 Å². The second kappa shape index (κ2) is 12.1. The fourth-order valence-electron chi connectivity index (χ4n) is 5.48. The van der Waals surface area contributed by atoms with Gasteiger partial charge in [0, 0.05) is 23.2 Å². The Morgan fingerprint density at radius 3 is 2.51 bits per heavy atom. The van der Waals surface area contributed by atoms with Crippen LogP contribution in [-0.2, 0) is 4.79 Å². The molecule has 6 rings (SSSR count). The molecule has 9 nitrogen and oxygen atoms in total. The number of hydrogen-bond donors (Lipinski definition) is 2. The maximum atomic E-state index is 15.4. The molecule has 0 spiro atoms. The molecule has 0 aliphatic carbocycles. The molecule has 1 aliphatic heterocycles. The number of carbonyl (C=O) groups is 1. The lowest BCUT2D eigenvalue weighted by molar-refractivity contribution is -0.120. The molecule has 0 saturated heterocycles. The molecule has 2 bridgehead atoms. The smallest absolute Gasteiger partial charge is 0.254 e. The molecule has 45 heavy (non-hydrogen) atoms. The number of rotatable bonds is 3. The average Bonchev–Trinajstić information content (AvgIpc) is 3.43. The van der Waals surface area contributed by atoms with Crippen LogP contribution in [0.3, 0.4) is 0 Å². The van der Waals surface area contributed by atoms with Crippen LogP contribution < -0.4 is 10.9 Å². The van der Waals surface area contributed by atoms with Crippen LogP contribution in [-0.4, -0.2) is 41.7 Å². The third-order valence-electron chi connectivity index (χ3n) is 7.64. The molecule has 5 aromatic rings. The summed E-state index contributed by atoms with van der Waals surface area (Å²) in [5, 5.41) is 21.2. The van der Waals surface area contributed by atoms with Crippen LogP contribution >= 0.6 is 23.2 Å². The van der Waals surface area contributed by atoms with Gasteiger partial charge in [-0.3, -0.25) is 14.2 Å². The van der Waals surface area contributed by atoms with Gasteiger partial charge in [0.25, 0.3) is 5.56 Å². The summed E-state index contributed by atoms with van der Waals surface area (Å²) in [6.07, 6.45) is 1.31. The van der Waals surface area contributed by atoms with E-state index in [1.165, 1.54) is 57.9 Å². The first-order valence-electron chi connectivity index (χ1n) is 13.7. The topological polar surface area (TPSA) is 115 Å². The Hall–Kier alpha value is -4.52. The van der Waals surface area contributed by atoms with Crippen molar-refractivity contribution in [1.82, 2.24) is 24.5 Å². The number of aromatic nitrogens is 5. The van der Waals surface area contributed by atoms with Crippen LogP contribution in [0.2, 0.25) is 10.2 Å². The van der Waals surface area contributed by atoms with Gasteiger partial charge in [0.15, 0.2) is 11.0 Å². The van der Waals surface area contributed by atoms with E-state index < -0.39 is 47.0 Å². The zero-order valence-corrected chi connectivity index (χ0v) is 24.9. The summed E-state index contributed by atoms with van der Waals surface area (Å²) in [4.78, 5) is 31.0. The molecule has 3 heterocycles. The minimum absolute atomic E-state index is 0.0127. The fraction of sp³-hybridized carbons (Fsp3) is 0.194. The van der Waals surface area contributed by atoms with E-state index in [9.17, 15) is 19.1 Å². The first kappa shape index (κ1) is 30.5.